The number of nitrogens with one attached hydrogen (secondary N) is 1. The highest BCUT2D eigenvalue weighted by Crippen LogP contribution is 2.31. The third kappa shape index (κ3) is 5.50. The van der Waals surface area contributed by atoms with Crippen LogP contribution in [0.15, 0.2) is 72.9 Å². The van der Waals surface area contributed by atoms with Gasteiger partial charge in [-0.3, -0.25) is 4.79 Å². The molecule has 1 N–H and O–H groups in total. The van der Waals surface area contributed by atoms with Crippen LogP contribution in [0.25, 0.3) is 0 Å². The fraction of sp³-hybridized carbons (Fsp3) is 0.308. The molecule has 3 aromatic rings. The first-order valence-electron chi connectivity index (χ1n) is 11.1. The first-order chi connectivity index (χ1) is 16.3. The second-order valence-electron chi connectivity index (χ2n) is 8.29. The van der Waals surface area contributed by atoms with Crippen molar-refractivity contribution in [1.29, 1.82) is 0 Å². The zero-order valence-corrected chi connectivity index (χ0v) is 18.8. The number of rotatable bonds is 6. The number of hydrogen-bond acceptors (Lipinski definition) is 4. The number of piperidine rings is 1. The van der Waals surface area contributed by atoms with E-state index in [1.807, 2.05) is 59.5 Å². The normalized spacial score (nSPS) is 15.6. The monoisotopic (exact) mass is 469 g/mol. The zero-order chi connectivity index (χ0) is 24.1. The van der Waals surface area contributed by atoms with Crippen molar-refractivity contribution in [3.05, 3.63) is 89.6 Å². The average molecular weight is 470 g/mol. The highest BCUT2D eigenvalue weighted by molar-refractivity contribution is 5.80. The lowest BCUT2D eigenvalue weighted by atomic mass is 9.93. The van der Waals surface area contributed by atoms with E-state index in [2.05, 4.69) is 10.3 Å². The molecule has 0 saturated carbocycles. The molecule has 1 aromatic heterocycles. The third-order valence-corrected chi connectivity index (χ3v) is 6.13. The molecule has 1 saturated heterocycles. The summed E-state index contributed by atoms with van der Waals surface area (Å²) in [7, 11) is 1.61. The molecule has 34 heavy (non-hydrogen) atoms. The predicted molar refractivity (Wildman–Crippen MR) is 124 cm³/mol. The van der Waals surface area contributed by atoms with E-state index in [9.17, 15) is 18.0 Å². The van der Waals surface area contributed by atoms with Crippen LogP contribution in [0.1, 0.15) is 35.6 Å². The molecule has 0 bridgehead atoms. The van der Waals surface area contributed by atoms with Crippen molar-refractivity contribution in [2.45, 2.75) is 25.1 Å². The smallest absolute Gasteiger partial charge is 0.417 e. The van der Waals surface area contributed by atoms with Crippen molar-refractivity contribution >= 4 is 11.7 Å². The molecule has 178 valence electrons. The molecular weight excluding hydrogens is 443 g/mol. The molecule has 1 amide bonds. The molecule has 0 radical (unpaired) electrons. The van der Waals surface area contributed by atoms with Crippen LogP contribution >= 0.6 is 0 Å². The van der Waals surface area contributed by atoms with Crippen molar-refractivity contribution in [1.82, 2.24) is 10.3 Å². The Morgan fingerprint density at radius 3 is 2.21 bits per heavy atom. The van der Waals surface area contributed by atoms with Gasteiger partial charge < -0.3 is 15.0 Å². The second kappa shape index (κ2) is 10.2. The summed E-state index contributed by atoms with van der Waals surface area (Å²) in [6.07, 6.45) is -2.36. The zero-order valence-electron chi connectivity index (χ0n) is 18.8. The number of hydrogen-bond donors (Lipinski definition) is 1. The molecule has 5 nitrogen and oxygen atoms in total. The van der Waals surface area contributed by atoms with Gasteiger partial charge in [0, 0.05) is 25.2 Å². The topological polar surface area (TPSA) is 54.5 Å². The maximum atomic E-state index is 13.2. The van der Waals surface area contributed by atoms with Gasteiger partial charge in [-0.1, -0.05) is 42.5 Å². The standard InChI is InChI=1S/C26H26F3N3O2/c1-34-22-10-7-19(8-11-22)24(18-5-3-2-4-6-18)31-25(33)20-13-15-32(16-14-20)23-12-9-21(17-30-23)26(27,28)29/h2-12,17,20,24H,13-16H2,1H3,(H,31,33)/t24-/m1/s1. The number of halogens is 3. The Morgan fingerprint density at radius 1 is 1.00 bits per heavy atom. The Kier molecular flexibility index (Phi) is 7.05. The number of aromatic nitrogens is 1. The SMILES string of the molecule is COc1ccc([C@H](NC(=O)C2CCN(c3ccc(C(F)(F)F)cn3)CC2)c2ccccc2)cc1. The van der Waals surface area contributed by atoms with Gasteiger partial charge in [-0.05, 0) is 48.2 Å². The quantitative estimate of drug-likeness (QED) is 0.537. The van der Waals surface area contributed by atoms with Crippen LogP contribution in [0.5, 0.6) is 5.75 Å². The summed E-state index contributed by atoms with van der Waals surface area (Å²) >= 11 is 0. The van der Waals surface area contributed by atoms with E-state index in [1.165, 1.54) is 6.07 Å². The first-order valence-corrected chi connectivity index (χ1v) is 11.1. The Bertz CT molecular complexity index is 1080. The third-order valence-electron chi connectivity index (χ3n) is 6.13. The number of ether oxygens (including phenoxy) is 1. The molecule has 1 aliphatic rings. The van der Waals surface area contributed by atoms with Crippen LogP contribution in [-0.4, -0.2) is 31.1 Å². The van der Waals surface area contributed by atoms with Crippen molar-refractivity contribution in [2.24, 2.45) is 5.92 Å². The van der Waals surface area contributed by atoms with Crippen molar-refractivity contribution < 1.29 is 22.7 Å². The van der Waals surface area contributed by atoms with Crippen LogP contribution in [0.4, 0.5) is 19.0 Å². The minimum atomic E-state index is -4.41. The van der Waals surface area contributed by atoms with E-state index in [1.54, 1.807) is 7.11 Å². The molecule has 0 aliphatic carbocycles. The lowest BCUT2D eigenvalue weighted by Gasteiger charge is -2.33. The molecule has 4 rings (SSSR count). The van der Waals surface area contributed by atoms with Gasteiger partial charge in [0.15, 0.2) is 0 Å². The van der Waals surface area contributed by atoms with Gasteiger partial charge in [0.05, 0.1) is 18.7 Å². The van der Waals surface area contributed by atoms with E-state index in [0.717, 1.165) is 29.1 Å². The summed E-state index contributed by atoms with van der Waals surface area (Å²) in [6, 6.07) is 19.5. The van der Waals surface area contributed by atoms with Crippen LogP contribution in [0, 0.1) is 5.92 Å². The fourth-order valence-electron chi connectivity index (χ4n) is 4.17. The minimum Gasteiger partial charge on any atom is -0.497 e. The van der Waals surface area contributed by atoms with Crippen molar-refractivity contribution in [3.8, 4) is 5.75 Å². The van der Waals surface area contributed by atoms with Gasteiger partial charge in [0.25, 0.3) is 0 Å². The molecule has 0 spiro atoms. The number of pyridine rings is 1. The molecular formula is C26H26F3N3O2. The maximum absolute atomic E-state index is 13.2. The Labute approximate surface area is 196 Å². The molecule has 1 fully saturated rings. The fourth-order valence-corrected chi connectivity index (χ4v) is 4.17. The van der Waals surface area contributed by atoms with Crippen molar-refractivity contribution in [2.75, 3.05) is 25.1 Å². The number of methoxy groups -OCH3 is 1. The van der Waals surface area contributed by atoms with Crippen LogP contribution in [0.2, 0.25) is 0 Å². The molecule has 2 aromatic carbocycles. The summed E-state index contributed by atoms with van der Waals surface area (Å²) in [5.74, 6) is 1.01. The second-order valence-corrected chi connectivity index (χ2v) is 8.29. The van der Waals surface area contributed by atoms with Crippen LogP contribution in [0.3, 0.4) is 0 Å². The Morgan fingerprint density at radius 2 is 1.65 bits per heavy atom. The molecule has 1 aliphatic heterocycles. The minimum absolute atomic E-state index is 0.0373. The van der Waals surface area contributed by atoms with Gasteiger partial charge in [0.2, 0.25) is 5.91 Å². The highest BCUT2D eigenvalue weighted by atomic mass is 19.4. The van der Waals surface area contributed by atoms with Crippen LogP contribution in [-0.2, 0) is 11.0 Å². The van der Waals surface area contributed by atoms with E-state index in [-0.39, 0.29) is 17.9 Å². The number of alkyl halides is 3. The number of nitrogens with zero attached hydrogens (tertiary/aromatic N) is 2. The van der Waals surface area contributed by atoms with Gasteiger partial charge in [-0.25, -0.2) is 4.98 Å². The summed E-state index contributed by atoms with van der Waals surface area (Å²) in [6.45, 7) is 1.10. The number of carbonyl (C=O) groups excluding carboxylic acids is 1. The van der Waals surface area contributed by atoms with E-state index in [0.29, 0.717) is 31.7 Å². The molecule has 2 heterocycles. The van der Waals surface area contributed by atoms with Gasteiger partial charge in [0.1, 0.15) is 11.6 Å². The molecule has 8 heteroatoms. The average Bonchev–Trinajstić information content (AvgIpc) is 2.87. The number of amides is 1. The van der Waals surface area contributed by atoms with E-state index < -0.39 is 11.7 Å². The van der Waals surface area contributed by atoms with Crippen LogP contribution < -0.4 is 15.0 Å². The maximum Gasteiger partial charge on any atom is 0.417 e. The Balaban J connectivity index is 1.42. The highest BCUT2D eigenvalue weighted by Gasteiger charge is 2.32. The van der Waals surface area contributed by atoms with Gasteiger partial charge in [-0.15, -0.1) is 0 Å². The first kappa shape index (κ1) is 23.6. The summed E-state index contributed by atoms with van der Waals surface area (Å²) in [5.41, 5.74) is 1.16. The lowest BCUT2D eigenvalue weighted by Crippen LogP contribution is -2.42. The summed E-state index contributed by atoms with van der Waals surface area (Å²) < 4.78 is 43.6. The van der Waals surface area contributed by atoms with E-state index >= 15 is 0 Å². The number of anilines is 1. The van der Waals surface area contributed by atoms with Crippen molar-refractivity contribution in [3.63, 3.8) is 0 Å². The number of benzene rings is 2. The molecule has 0 unspecified atom stereocenters. The Hall–Kier alpha value is -3.55. The predicted octanol–water partition coefficient (Wildman–Crippen LogP) is 5.23. The van der Waals surface area contributed by atoms with E-state index in [4.69, 9.17) is 4.74 Å². The van der Waals surface area contributed by atoms with Gasteiger partial charge >= 0.3 is 6.18 Å². The largest absolute Gasteiger partial charge is 0.497 e. The lowest BCUT2D eigenvalue weighted by molar-refractivity contribution is -0.137. The number of carbonyl (C=O) groups is 1. The summed E-state index contributed by atoms with van der Waals surface area (Å²) in [5, 5.41) is 3.20. The molecule has 1 atom stereocenters. The summed E-state index contributed by atoms with van der Waals surface area (Å²) in [4.78, 5) is 19.1. The van der Waals surface area contributed by atoms with Gasteiger partial charge in [-0.2, -0.15) is 13.2 Å².